The van der Waals surface area contributed by atoms with Gasteiger partial charge in [-0.1, -0.05) is 59.7 Å². The Morgan fingerprint density at radius 2 is 1.52 bits per heavy atom. The number of pyridine rings is 1. The molecule has 33 heavy (non-hydrogen) atoms. The van der Waals surface area contributed by atoms with Crippen LogP contribution in [0.1, 0.15) is 27.8 Å². The minimum absolute atomic E-state index is 0.00117. The van der Waals surface area contributed by atoms with Crippen molar-refractivity contribution < 1.29 is 8.42 Å². The van der Waals surface area contributed by atoms with Gasteiger partial charge in [-0.2, -0.15) is 4.31 Å². The minimum atomic E-state index is -3.79. The lowest BCUT2D eigenvalue weighted by Crippen LogP contribution is -2.34. The molecule has 0 bridgehead atoms. The van der Waals surface area contributed by atoms with E-state index in [-0.39, 0.29) is 23.5 Å². The number of benzene rings is 3. The second-order valence-electron chi connectivity index (χ2n) is 8.61. The van der Waals surface area contributed by atoms with Crippen LogP contribution < -0.4 is 5.56 Å². The first-order valence-corrected chi connectivity index (χ1v) is 12.4. The third-order valence-electron chi connectivity index (χ3n) is 5.82. The summed E-state index contributed by atoms with van der Waals surface area (Å²) in [6, 6.07) is 22.5. The van der Waals surface area contributed by atoms with Gasteiger partial charge in [-0.25, -0.2) is 8.42 Å². The molecule has 1 N–H and O–H groups in total. The molecule has 0 aliphatic carbocycles. The average Bonchev–Trinajstić information content (AvgIpc) is 2.77. The Hall–Kier alpha value is -3.22. The van der Waals surface area contributed by atoms with Gasteiger partial charge >= 0.3 is 0 Å². The number of fused-ring (bicyclic) bond motifs is 1. The van der Waals surface area contributed by atoms with E-state index in [2.05, 4.69) is 11.1 Å². The Balaban J connectivity index is 1.71. The lowest BCUT2D eigenvalue weighted by Gasteiger charge is -2.22. The van der Waals surface area contributed by atoms with Gasteiger partial charge in [0.2, 0.25) is 10.0 Å². The van der Waals surface area contributed by atoms with Gasteiger partial charge in [-0.05, 0) is 68.0 Å². The number of nitrogens with zero attached hydrogens (tertiary/aromatic N) is 1. The predicted molar refractivity (Wildman–Crippen MR) is 133 cm³/mol. The van der Waals surface area contributed by atoms with Crippen LogP contribution >= 0.6 is 0 Å². The van der Waals surface area contributed by atoms with E-state index in [0.29, 0.717) is 12.0 Å². The van der Waals surface area contributed by atoms with Crippen LogP contribution in [0.3, 0.4) is 0 Å². The van der Waals surface area contributed by atoms with E-state index < -0.39 is 10.0 Å². The van der Waals surface area contributed by atoms with Crippen LogP contribution in [0.4, 0.5) is 0 Å². The number of H-pyrrole nitrogens is 1. The fourth-order valence-electron chi connectivity index (χ4n) is 3.93. The molecule has 4 rings (SSSR count). The van der Waals surface area contributed by atoms with Crippen LogP contribution in [0.15, 0.2) is 82.5 Å². The van der Waals surface area contributed by atoms with Crippen molar-refractivity contribution in [1.82, 2.24) is 9.29 Å². The molecule has 6 heteroatoms. The van der Waals surface area contributed by atoms with E-state index in [0.717, 1.165) is 33.2 Å². The summed E-state index contributed by atoms with van der Waals surface area (Å²) < 4.78 is 28.5. The van der Waals surface area contributed by atoms with E-state index in [4.69, 9.17) is 0 Å². The fourth-order valence-corrected chi connectivity index (χ4v) is 5.35. The summed E-state index contributed by atoms with van der Waals surface area (Å²) in [7, 11) is -3.79. The number of aromatic nitrogens is 1. The largest absolute Gasteiger partial charge is 0.322 e. The maximum absolute atomic E-state index is 13.6. The predicted octanol–water partition coefficient (Wildman–Crippen LogP) is 4.89. The van der Waals surface area contributed by atoms with E-state index in [1.54, 1.807) is 30.3 Å². The maximum atomic E-state index is 13.6. The zero-order valence-electron chi connectivity index (χ0n) is 19.1. The first-order valence-electron chi connectivity index (χ1n) is 11.0. The van der Waals surface area contributed by atoms with Crippen molar-refractivity contribution >= 4 is 20.9 Å². The molecular weight excluding hydrogens is 432 g/mol. The third kappa shape index (κ3) is 5.24. The SMILES string of the molecule is Cc1ccc(S(=O)(=O)N(CCc2cccc(C)c2)Cc2cc3ccc(C)cc3[nH]c2=O)cc1. The van der Waals surface area contributed by atoms with Gasteiger partial charge in [-0.15, -0.1) is 0 Å². The monoisotopic (exact) mass is 460 g/mol. The van der Waals surface area contributed by atoms with Crippen molar-refractivity contribution in [2.24, 2.45) is 0 Å². The van der Waals surface area contributed by atoms with Gasteiger partial charge in [0.25, 0.3) is 5.56 Å². The van der Waals surface area contributed by atoms with E-state index in [1.807, 2.05) is 57.2 Å². The van der Waals surface area contributed by atoms with Gasteiger partial charge in [0.05, 0.1) is 4.90 Å². The molecule has 3 aromatic carbocycles. The van der Waals surface area contributed by atoms with Gasteiger partial charge < -0.3 is 4.98 Å². The van der Waals surface area contributed by atoms with Crippen molar-refractivity contribution in [1.29, 1.82) is 0 Å². The second kappa shape index (κ2) is 9.33. The van der Waals surface area contributed by atoms with Crippen molar-refractivity contribution in [3.05, 3.63) is 111 Å². The summed E-state index contributed by atoms with van der Waals surface area (Å²) in [5.74, 6) is 0. The van der Waals surface area contributed by atoms with Crippen LogP contribution in [0.5, 0.6) is 0 Å². The maximum Gasteiger partial charge on any atom is 0.252 e. The summed E-state index contributed by atoms with van der Waals surface area (Å²) >= 11 is 0. The Kier molecular flexibility index (Phi) is 6.49. The summed E-state index contributed by atoms with van der Waals surface area (Å²) in [6.07, 6.45) is 0.553. The Morgan fingerprint density at radius 1 is 0.818 bits per heavy atom. The van der Waals surface area contributed by atoms with Gasteiger partial charge in [-0.3, -0.25) is 4.79 Å². The second-order valence-corrected chi connectivity index (χ2v) is 10.5. The topological polar surface area (TPSA) is 70.2 Å². The molecule has 1 heterocycles. The quantitative estimate of drug-likeness (QED) is 0.427. The molecule has 0 atom stereocenters. The smallest absolute Gasteiger partial charge is 0.252 e. The molecular formula is C27H28N2O3S. The van der Waals surface area contributed by atoms with Crippen LogP contribution in [0.25, 0.3) is 10.9 Å². The lowest BCUT2D eigenvalue weighted by atomic mass is 10.1. The number of sulfonamides is 1. The number of aryl methyl sites for hydroxylation is 3. The highest BCUT2D eigenvalue weighted by Crippen LogP contribution is 2.21. The Bertz CT molecular complexity index is 1460. The molecule has 0 fully saturated rings. The fraction of sp³-hybridized carbons (Fsp3) is 0.222. The standard InChI is InChI=1S/C27H28N2O3S/c1-19-8-11-25(12-9-19)33(31,32)29(14-13-22-6-4-5-20(2)15-22)18-24-17-23-10-7-21(3)16-26(23)28-27(24)30/h4-12,15-17H,13-14,18H2,1-3H3,(H,28,30). The third-order valence-corrected chi connectivity index (χ3v) is 7.68. The van der Waals surface area contributed by atoms with Crippen LogP contribution in [0, 0.1) is 20.8 Å². The molecule has 0 saturated heterocycles. The molecule has 0 aliphatic rings. The molecule has 0 radical (unpaired) electrons. The zero-order chi connectivity index (χ0) is 23.6. The number of rotatable bonds is 7. The van der Waals surface area contributed by atoms with Crippen LogP contribution in [0.2, 0.25) is 0 Å². The Morgan fingerprint density at radius 3 is 2.24 bits per heavy atom. The first-order chi connectivity index (χ1) is 15.7. The highest BCUT2D eigenvalue weighted by atomic mass is 32.2. The normalized spacial score (nSPS) is 11.9. The van der Waals surface area contributed by atoms with E-state index in [9.17, 15) is 13.2 Å². The van der Waals surface area contributed by atoms with Crippen molar-refractivity contribution in [3.8, 4) is 0 Å². The molecule has 0 amide bonds. The highest BCUT2D eigenvalue weighted by molar-refractivity contribution is 7.89. The number of hydrogen-bond acceptors (Lipinski definition) is 3. The molecule has 0 aliphatic heterocycles. The van der Waals surface area contributed by atoms with Crippen molar-refractivity contribution in [2.45, 2.75) is 38.6 Å². The summed E-state index contributed by atoms with van der Waals surface area (Å²) in [5.41, 5.74) is 5.12. The first kappa shape index (κ1) is 23.0. The summed E-state index contributed by atoms with van der Waals surface area (Å²) in [5, 5.41) is 0.876. The number of nitrogens with one attached hydrogen (secondary N) is 1. The number of hydrogen-bond donors (Lipinski definition) is 1. The summed E-state index contributed by atoms with van der Waals surface area (Å²) in [6.45, 7) is 6.17. The molecule has 0 unspecified atom stereocenters. The molecule has 170 valence electrons. The highest BCUT2D eigenvalue weighted by Gasteiger charge is 2.25. The summed E-state index contributed by atoms with van der Waals surface area (Å²) in [4.78, 5) is 16.0. The minimum Gasteiger partial charge on any atom is -0.322 e. The molecule has 0 spiro atoms. The zero-order valence-corrected chi connectivity index (χ0v) is 19.9. The molecule has 0 saturated carbocycles. The average molecular weight is 461 g/mol. The van der Waals surface area contributed by atoms with Crippen molar-refractivity contribution in [2.75, 3.05) is 6.54 Å². The van der Waals surface area contributed by atoms with Crippen molar-refractivity contribution in [3.63, 3.8) is 0 Å². The van der Waals surface area contributed by atoms with E-state index >= 15 is 0 Å². The van der Waals surface area contributed by atoms with E-state index in [1.165, 1.54) is 4.31 Å². The van der Waals surface area contributed by atoms with Gasteiger partial charge in [0, 0.05) is 24.2 Å². The number of aromatic amines is 1. The van der Waals surface area contributed by atoms with Crippen LogP contribution in [-0.2, 0) is 23.0 Å². The Labute approximate surface area is 194 Å². The van der Waals surface area contributed by atoms with Gasteiger partial charge in [0.1, 0.15) is 0 Å². The molecule has 4 aromatic rings. The van der Waals surface area contributed by atoms with Crippen LogP contribution in [-0.4, -0.2) is 24.3 Å². The molecule has 5 nitrogen and oxygen atoms in total. The molecule has 1 aromatic heterocycles. The lowest BCUT2D eigenvalue weighted by molar-refractivity contribution is 0.408. The van der Waals surface area contributed by atoms with Gasteiger partial charge in [0.15, 0.2) is 0 Å².